The van der Waals surface area contributed by atoms with Crippen LogP contribution in [0.4, 0.5) is 5.69 Å². The molecule has 2 aromatic rings. The van der Waals surface area contributed by atoms with Crippen molar-refractivity contribution < 1.29 is 4.79 Å². The van der Waals surface area contributed by atoms with Crippen LogP contribution in [0.5, 0.6) is 0 Å². The Morgan fingerprint density at radius 1 is 1.10 bits per heavy atom. The fourth-order valence-electron chi connectivity index (χ4n) is 5.23. The number of nitrogens with zero attached hydrogens (tertiary/aromatic N) is 5. The number of likely N-dealkylation sites (tertiary alicyclic amines) is 1. The fraction of sp³-hybridized carbons (Fsp3) is 0.400. The third-order valence-corrected chi connectivity index (χ3v) is 8.51. The molecule has 1 amide bonds. The number of halogens is 3. The standard InChI is InChI=1S/C30H34Cl3N7O2/c1-17(2)27-26-29(40(37-27)28-22(32)14-19(31)15-23(28)33)35-24(36-30(26)42)13-18-5-7-21(8-6-18)39(4)25(41)16-34-20-9-11-38(3)12-10-20/h5-8,14-15,17,20,34,37H,9-13,16H2,1-4H3. The second-order valence-corrected chi connectivity index (χ2v) is 12.4. The molecule has 0 saturated carbocycles. The Kier molecular flexibility index (Phi) is 9.25. The van der Waals surface area contributed by atoms with Gasteiger partial charge in [-0.2, -0.15) is 4.98 Å². The van der Waals surface area contributed by atoms with Gasteiger partial charge >= 0.3 is 0 Å². The first-order chi connectivity index (χ1) is 20.0. The molecule has 1 fully saturated rings. The van der Waals surface area contributed by atoms with Crippen molar-refractivity contribution in [2.24, 2.45) is 0 Å². The van der Waals surface area contributed by atoms with Gasteiger partial charge in [0.1, 0.15) is 17.1 Å². The number of amides is 1. The molecule has 2 aromatic carbocycles. The zero-order valence-electron chi connectivity index (χ0n) is 24.0. The second kappa shape index (κ2) is 12.7. The number of carbonyl (C=O) groups is 1. The minimum atomic E-state index is -0.381. The molecular formula is C30H34Cl3N7O2. The van der Waals surface area contributed by atoms with Crippen LogP contribution >= 0.6 is 34.8 Å². The average molecular weight is 631 g/mol. The zero-order valence-corrected chi connectivity index (χ0v) is 26.3. The number of carbonyl (C=O) groups excluding carboxylic acids is 1. The van der Waals surface area contributed by atoms with Gasteiger partial charge < -0.3 is 15.1 Å². The highest BCUT2D eigenvalue weighted by Crippen LogP contribution is 2.36. The summed E-state index contributed by atoms with van der Waals surface area (Å²) in [5, 5.41) is 7.70. The topological polar surface area (TPSA) is 99.2 Å². The van der Waals surface area contributed by atoms with Crippen LogP contribution in [-0.4, -0.2) is 70.3 Å². The van der Waals surface area contributed by atoms with Gasteiger partial charge in [0.05, 0.1) is 22.3 Å². The van der Waals surface area contributed by atoms with Gasteiger partial charge in [-0.3, -0.25) is 14.7 Å². The highest BCUT2D eigenvalue weighted by molar-refractivity contribution is 6.40. The monoisotopic (exact) mass is 629 g/mol. The van der Waals surface area contributed by atoms with Crippen LogP contribution in [0.15, 0.2) is 41.2 Å². The molecule has 0 unspecified atom stereocenters. The van der Waals surface area contributed by atoms with Crippen molar-refractivity contribution in [2.75, 3.05) is 38.6 Å². The van der Waals surface area contributed by atoms with Gasteiger partial charge in [-0.05, 0) is 68.7 Å². The van der Waals surface area contributed by atoms with Crippen LogP contribution in [0.25, 0.3) is 17.1 Å². The number of hydrogen-bond acceptors (Lipinski definition) is 6. The fourth-order valence-corrected chi connectivity index (χ4v) is 6.22. The number of benzene rings is 2. The van der Waals surface area contributed by atoms with E-state index in [1.54, 1.807) is 28.8 Å². The van der Waals surface area contributed by atoms with Crippen LogP contribution in [0, 0.1) is 0 Å². The van der Waals surface area contributed by atoms with Crippen molar-refractivity contribution in [3.63, 3.8) is 0 Å². The molecule has 2 N–H and O–H groups in total. The minimum absolute atomic E-state index is 0.00366. The summed E-state index contributed by atoms with van der Waals surface area (Å²) in [4.78, 5) is 39.1. The Morgan fingerprint density at radius 3 is 2.36 bits per heavy atom. The van der Waals surface area contributed by atoms with Crippen LogP contribution in [0.3, 0.4) is 0 Å². The molecule has 0 radical (unpaired) electrons. The van der Waals surface area contributed by atoms with Crippen molar-refractivity contribution in [3.8, 4) is 17.1 Å². The van der Waals surface area contributed by atoms with Crippen molar-refractivity contribution in [1.82, 2.24) is 30.0 Å². The maximum absolute atomic E-state index is 13.3. The largest absolute Gasteiger partial charge is 0.314 e. The summed E-state index contributed by atoms with van der Waals surface area (Å²) in [5.74, 6) is 0.742. The highest BCUT2D eigenvalue weighted by Gasteiger charge is 2.27. The zero-order chi connectivity index (χ0) is 30.1. The predicted molar refractivity (Wildman–Crippen MR) is 169 cm³/mol. The maximum Gasteiger partial charge on any atom is 0.284 e. The van der Waals surface area contributed by atoms with Crippen molar-refractivity contribution in [1.29, 1.82) is 0 Å². The molecule has 3 aliphatic rings. The van der Waals surface area contributed by atoms with E-state index in [0.29, 0.717) is 62.7 Å². The summed E-state index contributed by atoms with van der Waals surface area (Å²) in [7, 11) is 3.90. The first-order valence-electron chi connectivity index (χ1n) is 14.0. The molecule has 5 rings (SSSR count). The number of likely N-dealkylation sites (N-methyl/N-ethyl adjacent to an activating group) is 1. The van der Waals surface area contributed by atoms with Crippen molar-refractivity contribution in [2.45, 2.75) is 45.1 Å². The van der Waals surface area contributed by atoms with E-state index in [1.165, 1.54) is 0 Å². The van der Waals surface area contributed by atoms with Crippen molar-refractivity contribution >= 4 is 46.4 Å². The number of fused-ring (bicyclic) bond motifs is 1. The summed E-state index contributed by atoms with van der Waals surface area (Å²) < 4.78 is 1.63. The summed E-state index contributed by atoms with van der Waals surface area (Å²) in [6, 6.07) is 11.2. The first kappa shape index (κ1) is 30.5. The normalized spacial score (nSPS) is 14.7. The van der Waals surface area contributed by atoms with Crippen LogP contribution in [-0.2, 0) is 11.2 Å². The van der Waals surface area contributed by atoms with E-state index < -0.39 is 0 Å². The Balaban J connectivity index is 1.36. The maximum atomic E-state index is 13.3. The van der Waals surface area contributed by atoms with Crippen LogP contribution in [0.2, 0.25) is 15.1 Å². The number of rotatable bonds is 8. The Labute approximate surface area is 260 Å². The molecule has 3 aliphatic heterocycles. The van der Waals surface area contributed by atoms with E-state index in [4.69, 9.17) is 39.8 Å². The lowest BCUT2D eigenvalue weighted by Gasteiger charge is -2.30. The SMILES string of the molecule is CC(C)c1[nH]n(-c2c(Cl)cc(Cl)cc2Cl)c2nc(Cc3ccc(N(C)C(=O)CNC4CCN(C)CC4)cc3)nc(=O)c1-2. The third-order valence-electron chi connectivity index (χ3n) is 7.72. The van der Waals surface area contributed by atoms with E-state index in [2.05, 4.69) is 27.3 Å². The lowest BCUT2D eigenvalue weighted by Crippen LogP contribution is -2.45. The first-order valence-corrected chi connectivity index (χ1v) is 15.1. The van der Waals surface area contributed by atoms with Crippen molar-refractivity contribution in [3.05, 3.63) is 78.9 Å². The number of piperidine rings is 1. The molecule has 0 aromatic heterocycles. The van der Waals surface area contributed by atoms with Gasteiger partial charge in [-0.25, -0.2) is 9.67 Å². The molecule has 9 nitrogen and oxygen atoms in total. The Bertz CT molecular complexity index is 1590. The highest BCUT2D eigenvalue weighted by atomic mass is 35.5. The van der Waals surface area contributed by atoms with Gasteiger partial charge in [0.2, 0.25) is 5.91 Å². The van der Waals surface area contributed by atoms with E-state index in [9.17, 15) is 9.59 Å². The molecule has 222 valence electrons. The lowest BCUT2D eigenvalue weighted by atomic mass is 10.1. The van der Waals surface area contributed by atoms with E-state index in [-0.39, 0.29) is 17.4 Å². The molecule has 1 saturated heterocycles. The van der Waals surface area contributed by atoms with E-state index in [0.717, 1.165) is 37.2 Å². The van der Waals surface area contributed by atoms with Gasteiger partial charge in [0, 0.05) is 30.2 Å². The Morgan fingerprint density at radius 2 is 1.74 bits per heavy atom. The number of aromatic nitrogens is 4. The van der Waals surface area contributed by atoms with Gasteiger partial charge in [-0.15, -0.1) is 0 Å². The molecular weight excluding hydrogens is 597 g/mol. The summed E-state index contributed by atoms with van der Waals surface area (Å²) in [6.45, 7) is 6.33. The van der Waals surface area contributed by atoms with E-state index >= 15 is 0 Å². The molecule has 0 aliphatic carbocycles. The van der Waals surface area contributed by atoms with E-state index in [1.807, 2.05) is 38.1 Å². The predicted octanol–water partition coefficient (Wildman–Crippen LogP) is 5.38. The molecule has 0 spiro atoms. The third kappa shape index (κ3) is 6.50. The van der Waals surface area contributed by atoms with Gasteiger partial charge in [0.25, 0.3) is 5.56 Å². The number of aromatic amines is 1. The Hall–Kier alpha value is -2.95. The van der Waals surface area contributed by atoms with Crippen LogP contribution < -0.4 is 15.8 Å². The molecule has 12 heteroatoms. The van der Waals surface area contributed by atoms with Gasteiger partial charge in [0.15, 0.2) is 5.82 Å². The summed E-state index contributed by atoms with van der Waals surface area (Å²) >= 11 is 19.2. The second-order valence-electron chi connectivity index (χ2n) is 11.1. The number of nitrogens with one attached hydrogen (secondary N) is 2. The summed E-state index contributed by atoms with van der Waals surface area (Å²) in [5.41, 5.74) is 2.83. The van der Waals surface area contributed by atoms with Gasteiger partial charge in [-0.1, -0.05) is 60.8 Å². The smallest absolute Gasteiger partial charge is 0.284 e. The lowest BCUT2D eigenvalue weighted by molar-refractivity contribution is -0.117. The average Bonchev–Trinajstić information content (AvgIpc) is 3.32. The molecule has 42 heavy (non-hydrogen) atoms. The molecule has 3 heterocycles. The molecule has 0 atom stereocenters. The number of anilines is 1. The van der Waals surface area contributed by atoms with Crippen LogP contribution in [0.1, 0.15) is 49.7 Å². The number of hydrogen-bond donors (Lipinski definition) is 2. The quantitative estimate of drug-likeness (QED) is 0.271. The summed E-state index contributed by atoms with van der Waals surface area (Å²) in [6.07, 6.45) is 2.41. The molecule has 0 bridgehead atoms. The number of H-pyrrole nitrogens is 1. The minimum Gasteiger partial charge on any atom is -0.314 e.